The maximum atomic E-state index is 6.18. The number of nitrogens with zero attached hydrogens (tertiary/aromatic N) is 2. The van der Waals surface area contributed by atoms with E-state index < -0.39 is 0 Å². The maximum absolute atomic E-state index is 6.18. The van der Waals surface area contributed by atoms with Gasteiger partial charge in [0, 0.05) is 0 Å². The van der Waals surface area contributed by atoms with Crippen LogP contribution in [0.3, 0.4) is 0 Å². The fraction of sp³-hybridized carbons (Fsp3) is 0.500. The van der Waals surface area contributed by atoms with Crippen LogP contribution in [0.25, 0.3) is 0 Å². The van der Waals surface area contributed by atoms with Gasteiger partial charge >= 0.3 is 0 Å². The van der Waals surface area contributed by atoms with Gasteiger partial charge in [-0.15, -0.1) is 0 Å². The third-order valence-electron chi connectivity index (χ3n) is 4.10. The summed E-state index contributed by atoms with van der Waals surface area (Å²) in [4.78, 5) is 14.9. The zero-order valence-corrected chi connectivity index (χ0v) is 16.4. The quantitative estimate of drug-likeness (QED) is 0.623. The summed E-state index contributed by atoms with van der Waals surface area (Å²) in [5, 5.41) is 0. The van der Waals surface area contributed by atoms with Crippen LogP contribution < -0.4 is 11.5 Å². The molecule has 0 aliphatic carbocycles. The molecule has 0 amide bonds. The lowest BCUT2D eigenvalue weighted by molar-refractivity contribution is 0.316. The van der Waals surface area contributed by atoms with Crippen molar-refractivity contribution in [3.63, 3.8) is 0 Å². The van der Waals surface area contributed by atoms with Crippen LogP contribution in [0.15, 0.2) is 12.4 Å². The van der Waals surface area contributed by atoms with E-state index in [4.69, 9.17) is 11.5 Å². The highest BCUT2D eigenvalue weighted by Crippen LogP contribution is 2.29. The van der Waals surface area contributed by atoms with E-state index >= 15 is 0 Å². The van der Waals surface area contributed by atoms with Gasteiger partial charge in [-0.05, 0) is 34.5 Å². The molecule has 2 aromatic heterocycles. The van der Waals surface area contributed by atoms with Crippen molar-refractivity contribution in [3.8, 4) is 23.7 Å². The van der Waals surface area contributed by atoms with Crippen LogP contribution in [0.4, 0.5) is 0 Å². The van der Waals surface area contributed by atoms with Crippen LogP contribution >= 0.6 is 0 Å². The van der Waals surface area contributed by atoms with E-state index in [2.05, 4.69) is 85.2 Å². The number of aromatic nitrogens is 4. The first-order valence-corrected chi connectivity index (χ1v) is 8.61. The molecule has 2 aromatic rings. The Labute approximate surface area is 155 Å². The van der Waals surface area contributed by atoms with Crippen molar-refractivity contribution in [2.24, 2.45) is 22.3 Å². The summed E-state index contributed by atoms with van der Waals surface area (Å²) in [6.07, 6.45) is 3.35. The lowest BCUT2D eigenvalue weighted by Crippen LogP contribution is -2.27. The second kappa shape index (κ2) is 7.37. The van der Waals surface area contributed by atoms with E-state index in [1.54, 1.807) is 12.4 Å². The summed E-state index contributed by atoms with van der Waals surface area (Å²) in [6, 6.07) is -0.362. The Morgan fingerprint density at radius 3 is 1.42 bits per heavy atom. The molecule has 2 atom stereocenters. The second-order valence-corrected chi connectivity index (χ2v) is 8.55. The molecule has 0 aliphatic rings. The first-order chi connectivity index (χ1) is 12.0. The third kappa shape index (κ3) is 4.98. The van der Waals surface area contributed by atoms with Crippen molar-refractivity contribution in [3.05, 3.63) is 35.4 Å². The first-order valence-electron chi connectivity index (χ1n) is 8.61. The predicted octanol–water partition coefficient (Wildman–Crippen LogP) is 2.63. The molecule has 0 saturated carbocycles. The predicted molar refractivity (Wildman–Crippen MR) is 104 cm³/mol. The smallest absolute Gasteiger partial charge is 0.124 e. The summed E-state index contributed by atoms with van der Waals surface area (Å²) in [6.45, 7) is 12.4. The zero-order chi connectivity index (χ0) is 19.5. The van der Waals surface area contributed by atoms with E-state index in [-0.39, 0.29) is 22.9 Å². The second-order valence-electron chi connectivity index (χ2n) is 8.55. The van der Waals surface area contributed by atoms with Gasteiger partial charge in [-0.3, -0.25) is 0 Å². The third-order valence-corrected chi connectivity index (χ3v) is 4.10. The molecule has 6 heteroatoms. The Morgan fingerprint density at radius 1 is 0.769 bits per heavy atom. The van der Waals surface area contributed by atoms with E-state index in [1.165, 1.54) is 0 Å². The van der Waals surface area contributed by atoms with Crippen molar-refractivity contribution in [2.45, 2.75) is 53.6 Å². The molecule has 2 heterocycles. The molecule has 0 fully saturated rings. The van der Waals surface area contributed by atoms with Gasteiger partial charge in [0.1, 0.15) is 23.0 Å². The molecule has 6 N–H and O–H groups in total. The number of hydrogen-bond donors (Lipinski definition) is 4. The average molecular weight is 352 g/mol. The monoisotopic (exact) mass is 352 g/mol. The van der Waals surface area contributed by atoms with Gasteiger partial charge in [0.15, 0.2) is 0 Å². The van der Waals surface area contributed by atoms with Gasteiger partial charge in [0.05, 0.1) is 24.5 Å². The van der Waals surface area contributed by atoms with Gasteiger partial charge < -0.3 is 21.4 Å². The highest BCUT2D eigenvalue weighted by molar-refractivity contribution is 5.40. The van der Waals surface area contributed by atoms with Gasteiger partial charge in [0.2, 0.25) is 0 Å². The molecule has 2 rings (SSSR count). The number of hydrogen-bond acceptors (Lipinski definition) is 4. The van der Waals surface area contributed by atoms with E-state index in [9.17, 15) is 0 Å². The molecule has 0 aliphatic heterocycles. The standard InChI is InChI=1S/C20H28N6/c1-19(2,3)15(21)17-23-11-13(25-17)9-7-8-10-14-12-24-18(26-14)16(22)20(4,5)6/h11-12,15-16H,21-22H2,1-6H3,(H,23,25)(H,24,26)/t15-,16-/m1/s1. The molecule has 0 saturated heterocycles. The van der Waals surface area contributed by atoms with E-state index in [1.807, 2.05) is 0 Å². The molecule has 0 bridgehead atoms. The average Bonchev–Trinajstić information content (AvgIpc) is 3.17. The molecule has 0 spiro atoms. The van der Waals surface area contributed by atoms with E-state index in [0.717, 1.165) is 11.6 Å². The number of nitrogens with one attached hydrogen (secondary N) is 2. The SMILES string of the molecule is CC(C)(C)[C@H](N)c1ncc(C#CC#Cc2cnc([C@@H](N)C(C)(C)C)[nH]2)[nH]1. The molecule has 0 radical (unpaired) electrons. The summed E-state index contributed by atoms with van der Waals surface area (Å²) in [7, 11) is 0. The number of aromatic amines is 2. The van der Waals surface area contributed by atoms with Crippen LogP contribution in [0.2, 0.25) is 0 Å². The Balaban J connectivity index is 2.06. The van der Waals surface area contributed by atoms with Gasteiger partial charge in [0.25, 0.3) is 0 Å². The highest BCUT2D eigenvalue weighted by Gasteiger charge is 2.25. The van der Waals surface area contributed by atoms with Gasteiger partial charge in [-0.2, -0.15) is 0 Å². The zero-order valence-electron chi connectivity index (χ0n) is 16.4. The van der Waals surface area contributed by atoms with E-state index in [0.29, 0.717) is 11.4 Å². The Morgan fingerprint density at radius 2 is 1.12 bits per heavy atom. The lowest BCUT2D eigenvalue weighted by Gasteiger charge is -2.24. The number of H-pyrrole nitrogens is 2. The van der Waals surface area contributed by atoms with Crippen molar-refractivity contribution in [1.82, 2.24) is 19.9 Å². The molecule has 0 aromatic carbocycles. The van der Waals surface area contributed by atoms with Crippen LogP contribution in [0.5, 0.6) is 0 Å². The molecule has 138 valence electrons. The largest absolute Gasteiger partial charge is 0.334 e. The first kappa shape index (κ1) is 19.8. The molecular weight excluding hydrogens is 324 g/mol. The summed E-state index contributed by atoms with van der Waals surface area (Å²) < 4.78 is 0. The fourth-order valence-corrected chi connectivity index (χ4v) is 2.13. The highest BCUT2D eigenvalue weighted by atomic mass is 15.0. The van der Waals surface area contributed by atoms with Crippen LogP contribution in [-0.2, 0) is 0 Å². The number of nitrogens with two attached hydrogens (primary N) is 2. The van der Waals surface area contributed by atoms with Crippen molar-refractivity contribution in [1.29, 1.82) is 0 Å². The minimum absolute atomic E-state index is 0.0748. The minimum Gasteiger partial charge on any atom is -0.334 e. The molecule has 26 heavy (non-hydrogen) atoms. The van der Waals surface area contributed by atoms with Crippen molar-refractivity contribution in [2.75, 3.05) is 0 Å². The van der Waals surface area contributed by atoms with Crippen LogP contribution in [0, 0.1) is 34.5 Å². The Hall–Kier alpha value is -2.54. The molecule has 0 unspecified atom stereocenters. The topological polar surface area (TPSA) is 109 Å². The lowest BCUT2D eigenvalue weighted by atomic mass is 9.87. The van der Waals surface area contributed by atoms with Crippen LogP contribution in [-0.4, -0.2) is 19.9 Å². The fourth-order valence-electron chi connectivity index (χ4n) is 2.13. The van der Waals surface area contributed by atoms with Crippen molar-refractivity contribution < 1.29 is 0 Å². The number of imidazole rings is 2. The number of rotatable bonds is 2. The van der Waals surface area contributed by atoms with Gasteiger partial charge in [-0.25, -0.2) is 9.97 Å². The maximum Gasteiger partial charge on any atom is 0.124 e. The molecular formula is C20H28N6. The van der Waals surface area contributed by atoms with Gasteiger partial charge in [-0.1, -0.05) is 41.5 Å². The summed E-state index contributed by atoms with van der Waals surface area (Å²) in [5.74, 6) is 12.9. The summed E-state index contributed by atoms with van der Waals surface area (Å²) in [5.41, 5.74) is 13.6. The normalized spacial score (nSPS) is 14.0. The van der Waals surface area contributed by atoms with Crippen LogP contribution in [0.1, 0.15) is 76.7 Å². The summed E-state index contributed by atoms with van der Waals surface area (Å²) >= 11 is 0. The minimum atomic E-state index is -0.181. The Kier molecular flexibility index (Phi) is 5.61. The molecule has 6 nitrogen and oxygen atoms in total. The Bertz CT molecular complexity index is 793. The van der Waals surface area contributed by atoms with Crippen molar-refractivity contribution >= 4 is 0 Å².